The summed E-state index contributed by atoms with van der Waals surface area (Å²) in [4.78, 5) is 22.3. The Morgan fingerprint density at radius 3 is 2.65 bits per heavy atom. The van der Waals surface area contributed by atoms with E-state index in [0.717, 1.165) is 12.1 Å². The summed E-state index contributed by atoms with van der Waals surface area (Å²) in [5.74, 6) is -2.47. The smallest absolute Gasteiger partial charge is 0.338 e. The summed E-state index contributed by atoms with van der Waals surface area (Å²) in [6.45, 7) is 1.22. The third kappa shape index (κ3) is 2.42. The highest BCUT2D eigenvalue weighted by Gasteiger charge is 2.25. The van der Waals surface area contributed by atoms with Crippen molar-refractivity contribution >= 4 is 17.6 Å². The summed E-state index contributed by atoms with van der Waals surface area (Å²) in [5.41, 5.74) is -0.157. The second kappa shape index (κ2) is 4.50. The van der Waals surface area contributed by atoms with E-state index in [4.69, 9.17) is 5.11 Å². The minimum Gasteiger partial charge on any atom is -0.478 e. The molecule has 1 aromatic carbocycles. The van der Waals surface area contributed by atoms with Crippen molar-refractivity contribution in [3.05, 3.63) is 29.6 Å². The van der Waals surface area contributed by atoms with E-state index in [-0.39, 0.29) is 11.8 Å². The first-order chi connectivity index (χ1) is 8.08. The Hall–Kier alpha value is -1.95. The molecule has 1 saturated heterocycles. The zero-order valence-corrected chi connectivity index (χ0v) is 8.87. The molecule has 0 aliphatic carbocycles. The van der Waals surface area contributed by atoms with Crippen LogP contribution in [0.15, 0.2) is 18.2 Å². The molecule has 5 nitrogen and oxygen atoms in total. The number of benzene rings is 1. The number of carboxylic acid groups (broad SMARTS) is 1. The Kier molecular flexibility index (Phi) is 3.06. The zero-order valence-electron chi connectivity index (χ0n) is 8.87. The maximum atomic E-state index is 13.1. The van der Waals surface area contributed by atoms with E-state index in [9.17, 15) is 14.0 Å². The number of amides is 1. The number of aromatic carboxylic acids is 1. The summed E-state index contributed by atoms with van der Waals surface area (Å²) in [7, 11) is 0. The van der Waals surface area contributed by atoms with E-state index >= 15 is 0 Å². The van der Waals surface area contributed by atoms with Gasteiger partial charge in [-0.1, -0.05) is 0 Å². The van der Waals surface area contributed by atoms with Crippen LogP contribution in [0, 0.1) is 11.7 Å². The Bertz CT molecular complexity index is 472. The van der Waals surface area contributed by atoms with Crippen LogP contribution in [0.1, 0.15) is 10.4 Å². The fourth-order valence-corrected chi connectivity index (χ4v) is 1.49. The largest absolute Gasteiger partial charge is 0.478 e. The molecule has 1 aromatic rings. The van der Waals surface area contributed by atoms with Crippen molar-refractivity contribution in [2.45, 2.75) is 0 Å². The van der Waals surface area contributed by atoms with Gasteiger partial charge >= 0.3 is 5.97 Å². The number of carbonyl (C=O) groups excluding carboxylic acids is 1. The van der Waals surface area contributed by atoms with Crippen LogP contribution in [0.3, 0.4) is 0 Å². The van der Waals surface area contributed by atoms with Crippen molar-refractivity contribution in [2.24, 2.45) is 5.92 Å². The van der Waals surface area contributed by atoms with Crippen LogP contribution in [0.2, 0.25) is 0 Å². The van der Waals surface area contributed by atoms with Crippen LogP contribution in [0.4, 0.5) is 10.1 Å². The normalized spacial score (nSPS) is 15.1. The molecule has 1 amide bonds. The van der Waals surface area contributed by atoms with Gasteiger partial charge in [-0.2, -0.15) is 0 Å². The number of carbonyl (C=O) groups is 2. The Morgan fingerprint density at radius 2 is 2.12 bits per heavy atom. The molecule has 90 valence electrons. The van der Waals surface area contributed by atoms with Gasteiger partial charge in [-0.15, -0.1) is 0 Å². The second-order valence-corrected chi connectivity index (χ2v) is 3.84. The zero-order chi connectivity index (χ0) is 12.4. The van der Waals surface area contributed by atoms with Crippen LogP contribution >= 0.6 is 0 Å². The van der Waals surface area contributed by atoms with E-state index < -0.39 is 17.3 Å². The number of halogens is 1. The number of anilines is 1. The summed E-state index contributed by atoms with van der Waals surface area (Å²) in [6, 6.07) is 3.48. The lowest BCUT2D eigenvalue weighted by Gasteiger charge is -2.25. The van der Waals surface area contributed by atoms with Gasteiger partial charge in [0.1, 0.15) is 5.82 Å². The van der Waals surface area contributed by atoms with Gasteiger partial charge in [0.25, 0.3) is 0 Å². The van der Waals surface area contributed by atoms with Gasteiger partial charge in [-0.05, 0) is 18.2 Å². The van der Waals surface area contributed by atoms with E-state index in [1.54, 1.807) is 0 Å². The molecule has 0 unspecified atom stereocenters. The maximum Gasteiger partial charge on any atom is 0.338 e. The number of hydrogen-bond donors (Lipinski definition) is 3. The number of nitrogens with one attached hydrogen (secondary N) is 2. The van der Waals surface area contributed by atoms with Crippen molar-refractivity contribution in [3.8, 4) is 0 Å². The van der Waals surface area contributed by atoms with Gasteiger partial charge < -0.3 is 15.7 Å². The molecule has 6 heteroatoms. The molecule has 0 radical (unpaired) electrons. The molecule has 0 bridgehead atoms. The number of rotatable bonds is 3. The van der Waals surface area contributed by atoms with E-state index in [0.29, 0.717) is 18.8 Å². The molecule has 1 heterocycles. The minimum atomic E-state index is -1.36. The maximum absolute atomic E-state index is 13.1. The standard InChI is InChI=1S/C11H11FN2O3/c12-9-2-1-7(3-8(9)11(16)17)14-10(15)6-4-13-5-6/h1-3,6,13H,4-5H2,(H,14,15)(H,16,17). The topological polar surface area (TPSA) is 78.4 Å². The Balaban J connectivity index is 2.13. The summed E-state index contributed by atoms with van der Waals surface area (Å²) >= 11 is 0. The minimum absolute atomic E-state index is 0.103. The van der Waals surface area contributed by atoms with Gasteiger partial charge in [0.15, 0.2) is 0 Å². The van der Waals surface area contributed by atoms with Gasteiger partial charge in [0.2, 0.25) is 5.91 Å². The molecule has 0 aromatic heterocycles. The predicted molar refractivity (Wildman–Crippen MR) is 58.3 cm³/mol. The summed E-state index contributed by atoms with van der Waals surface area (Å²) < 4.78 is 13.1. The number of hydrogen-bond acceptors (Lipinski definition) is 3. The lowest BCUT2D eigenvalue weighted by Crippen LogP contribution is -2.48. The van der Waals surface area contributed by atoms with Gasteiger partial charge in [-0.25, -0.2) is 9.18 Å². The molecule has 0 spiro atoms. The summed E-state index contributed by atoms with van der Waals surface area (Å²) in [5, 5.41) is 14.2. The third-order valence-corrected chi connectivity index (χ3v) is 2.62. The van der Waals surface area contributed by atoms with Crippen molar-refractivity contribution in [3.63, 3.8) is 0 Å². The Labute approximate surface area is 96.6 Å². The van der Waals surface area contributed by atoms with E-state index in [1.807, 2.05) is 0 Å². The average molecular weight is 238 g/mol. The molecule has 0 saturated carbocycles. The SMILES string of the molecule is O=C(O)c1cc(NC(=O)C2CNC2)ccc1F. The first-order valence-corrected chi connectivity index (χ1v) is 5.12. The molecule has 1 fully saturated rings. The van der Waals surface area contributed by atoms with Crippen molar-refractivity contribution < 1.29 is 19.1 Å². The lowest BCUT2D eigenvalue weighted by molar-refractivity contribution is -0.121. The summed E-state index contributed by atoms with van der Waals surface area (Å²) in [6.07, 6.45) is 0. The fourth-order valence-electron chi connectivity index (χ4n) is 1.49. The van der Waals surface area contributed by atoms with Crippen molar-refractivity contribution in [2.75, 3.05) is 18.4 Å². The highest BCUT2D eigenvalue weighted by Crippen LogP contribution is 2.16. The van der Waals surface area contributed by atoms with Crippen molar-refractivity contribution in [1.29, 1.82) is 0 Å². The highest BCUT2D eigenvalue weighted by atomic mass is 19.1. The van der Waals surface area contributed by atoms with E-state index in [2.05, 4.69) is 10.6 Å². The fraction of sp³-hybridized carbons (Fsp3) is 0.273. The molecule has 0 atom stereocenters. The highest BCUT2D eigenvalue weighted by molar-refractivity contribution is 5.95. The Morgan fingerprint density at radius 1 is 1.41 bits per heavy atom. The molecule has 17 heavy (non-hydrogen) atoms. The van der Waals surface area contributed by atoms with E-state index in [1.165, 1.54) is 6.07 Å². The predicted octanol–water partition coefficient (Wildman–Crippen LogP) is 0.682. The van der Waals surface area contributed by atoms with Crippen LogP contribution in [-0.2, 0) is 4.79 Å². The molecular weight excluding hydrogens is 227 g/mol. The molecule has 3 N–H and O–H groups in total. The molecule has 1 aliphatic rings. The second-order valence-electron chi connectivity index (χ2n) is 3.84. The van der Waals surface area contributed by atoms with Gasteiger partial charge in [0, 0.05) is 18.8 Å². The van der Waals surface area contributed by atoms with Crippen molar-refractivity contribution in [1.82, 2.24) is 5.32 Å². The molecule has 1 aliphatic heterocycles. The van der Waals surface area contributed by atoms with Gasteiger partial charge in [-0.3, -0.25) is 4.79 Å². The van der Waals surface area contributed by atoms with Crippen LogP contribution in [0.25, 0.3) is 0 Å². The van der Waals surface area contributed by atoms with Crippen LogP contribution in [0.5, 0.6) is 0 Å². The van der Waals surface area contributed by atoms with Crippen LogP contribution in [-0.4, -0.2) is 30.1 Å². The van der Waals surface area contributed by atoms with Gasteiger partial charge in [0.05, 0.1) is 11.5 Å². The third-order valence-electron chi connectivity index (χ3n) is 2.62. The van der Waals surface area contributed by atoms with Crippen LogP contribution < -0.4 is 10.6 Å². The first kappa shape index (κ1) is 11.5. The average Bonchev–Trinajstić information content (AvgIpc) is 2.17. The lowest BCUT2D eigenvalue weighted by atomic mass is 10.0. The molecule has 2 rings (SSSR count). The number of carboxylic acids is 1. The first-order valence-electron chi connectivity index (χ1n) is 5.12. The molecular formula is C11H11FN2O3. The quantitative estimate of drug-likeness (QED) is 0.723. The monoisotopic (exact) mass is 238 g/mol.